The van der Waals surface area contributed by atoms with Crippen molar-refractivity contribution in [1.82, 2.24) is 29.8 Å². The molecule has 7 nitrogen and oxygen atoms in total. The van der Waals surface area contributed by atoms with Crippen molar-refractivity contribution in [3.8, 4) is 0 Å². The zero-order valence-corrected chi connectivity index (χ0v) is 12.7. The van der Waals surface area contributed by atoms with Gasteiger partial charge in [-0.25, -0.2) is 15.0 Å². The van der Waals surface area contributed by atoms with Crippen LogP contribution in [0.25, 0.3) is 5.65 Å². The smallest absolute Gasteiger partial charge is 0.176 e. The van der Waals surface area contributed by atoms with E-state index in [2.05, 4.69) is 46.4 Å². The number of fused-ring (bicyclic) bond motifs is 1. The number of anilines is 1. The van der Waals surface area contributed by atoms with Crippen LogP contribution in [0.1, 0.15) is 30.3 Å². The second-order valence-corrected chi connectivity index (χ2v) is 5.80. The molecule has 0 aliphatic heterocycles. The van der Waals surface area contributed by atoms with E-state index in [4.69, 9.17) is 0 Å². The topological polar surface area (TPSA) is 80.9 Å². The summed E-state index contributed by atoms with van der Waals surface area (Å²) in [4.78, 5) is 12.5. The van der Waals surface area contributed by atoms with Crippen LogP contribution in [0, 0.1) is 0 Å². The molecule has 0 amide bonds. The molecule has 3 heterocycles. The van der Waals surface area contributed by atoms with Gasteiger partial charge in [-0.15, -0.1) is 9.73 Å². The third kappa shape index (κ3) is 2.71. The van der Waals surface area contributed by atoms with Crippen molar-refractivity contribution >= 4 is 27.4 Å². The van der Waals surface area contributed by atoms with Crippen molar-refractivity contribution in [3.05, 3.63) is 40.6 Å². The summed E-state index contributed by atoms with van der Waals surface area (Å²) in [5.74, 6) is 2.02. The second-order valence-electron chi connectivity index (χ2n) is 4.99. The van der Waals surface area contributed by atoms with Gasteiger partial charge in [0, 0.05) is 12.0 Å². The van der Waals surface area contributed by atoms with Crippen LogP contribution < -0.4 is 5.32 Å². The molecule has 0 bridgehead atoms. The molecule has 3 aromatic rings. The van der Waals surface area contributed by atoms with Crippen molar-refractivity contribution in [1.29, 1.82) is 0 Å². The Labute approximate surface area is 129 Å². The molecule has 0 unspecified atom stereocenters. The Morgan fingerprint density at radius 2 is 2.14 bits per heavy atom. The van der Waals surface area contributed by atoms with Crippen LogP contribution in [-0.4, -0.2) is 29.8 Å². The first-order valence-electron chi connectivity index (χ1n) is 6.72. The average Bonchev–Trinajstić information content (AvgIpc) is 3.25. The lowest BCUT2D eigenvalue weighted by molar-refractivity contribution is 0.743. The van der Waals surface area contributed by atoms with Crippen molar-refractivity contribution in [3.63, 3.8) is 0 Å². The number of hydrogen-bond acceptors (Lipinski definition) is 6. The maximum absolute atomic E-state index is 4.51. The van der Waals surface area contributed by atoms with Gasteiger partial charge in [0.2, 0.25) is 0 Å². The van der Waals surface area contributed by atoms with E-state index >= 15 is 0 Å². The van der Waals surface area contributed by atoms with Crippen molar-refractivity contribution in [2.75, 3.05) is 5.32 Å². The lowest BCUT2D eigenvalue weighted by Crippen LogP contribution is -2.04. The van der Waals surface area contributed by atoms with E-state index < -0.39 is 0 Å². The predicted molar refractivity (Wildman–Crippen MR) is 79.8 cm³/mol. The van der Waals surface area contributed by atoms with Gasteiger partial charge in [-0.3, -0.25) is 0 Å². The molecule has 1 fully saturated rings. The molecular weight excluding hydrogens is 334 g/mol. The van der Waals surface area contributed by atoms with Crippen LogP contribution in [0.4, 0.5) is 5.82 Å². The minimum atomic E-state index is 0.492. The van der Waals surface area contributed by atoms with E-state index in [1.807, 2.05) is 12.1 Å². The summed E-state index contributed by atoms with van der Waals surface area (Å²) in [6.45, 7) is 0.492. The number of nitrogens with one attached hydrogen (secondary N) is 1. The Kier molecular flexibility index (Phi) is 3.03. The first-order chi connectivity index (χ1) is 10.3. The van der Waals surface area contributed by atoms with Crippen LogP contribution in [0.5, 0.6) is 0 Å². The predicted octanol–water partition coefficient (Wildman–Crippen LogP) is 2.17. The summed E-state index contributed by atoms with van der Waals surface area (Å²) in [7, 11) is 0. The fourth-order valence-electron chi connectivity index (χ4n) is 2.11. The highest BCUT2D eigenvalue weighted by atomic mass is 79.9. The first-order valence-corrected chi connectivity index (χ1v) is 7.51. The molecule has 1 N–H and O–H groups in total. The third-order valence-corrected chi connectivity index (χ3v) is 3.76. The number of rotatable bonds is 4. The number of nitrogens with zero attached hydrogens (tertiary/aromatic N) is 6. The normalized spacial score (nSPS) is 14.5. The lowest BCUT2D eigenvalue weighted by Gasteiger charge is -2.01. The van der Waals surface area contributed by atoms with Crippen LogP contribution in [0.15, 0.2) is 29.1 Å². The number of hydrogen-bond donors (Lipinski definition) is 1. The van der Waals surface area contributed by atoms with Crippen LogP contribution in [-0.2, 0) is 6.54 Å². The zero-order valence-electron chi connectivity index (χ0n) is 11.1. The molecule has 8 heteroatoms. The summed E-state index contributed by atoms with van der Waals surface area (Å²) >= 11 is 3.31. The highest BCUT2D eigenvalue weighted by Gasteiger charge is 2.25. The standard InChI is InChI=1S/C13H12BrN7/c14-10-5-11(17-7-16-10)15-6-12-18-13-4-3-9(8-1-2-8)19-21(13)20-12/h3-5,7-8H,1-2,6H2,(H,15,16,17). The third-order valence-electron chi connectivity index (χ3n) is 3.33. The minimum Gasteiger partial charge on any atom is -0.363 e. The average molecular weight is 346 g/mol. The molecule has 0 radical (unpaired) electrons. The number of aromatic nitrogens is 6. The van der Waals surface area contributed by atoms with E-state index in [1.54, 1.807) is 10.7 Å². The summed E-state index contributed by atoms with van der Waals surface area (Å²) in [6, 6.07) is 5.82. The Hall–Kier alpha value is -2.09. The highest BCUT2D eigenvalue weighted by Crippen LogP contribution is 2.38. The lowest BCUT2D eigenvalue weighted by atomic mass is 10.3. The second kappa shape index (κ2) is 5.03. The molecule has 1 saturated carbocycles. The maximum Gasteiger partial charge on any atom is 0.176 e. The highest BCUT2D eigenvalue weighted by molar-refractivity contribution is 9.10. The van der Waals surface area contributed by atoms with Gasteiger partial charge in [0.25, 0.3) is 0 Å². The van der Waals surface area contributed by atoms with Crippen LogP contribution in [0.2, 0.25) is 0 Å². The Morgan fingerprint density at radius 1 is 1.24 bits per heavy atom. The molecule has 3 aromatic heterocycles. The minimum absolute atomic E-state index is 0.492. The van der Waals surface area contributed by atoms with E-state index in [-0.39, 0.29) is 0 Å². The van der Waals surface area contributed by atoms with E-state index in [9.17, 15) is 0 Å². The molecule has 0 spiro atoms. The molecule has 1 aliphatic carbocycles. The molecule has 0 saturated heterocycles. The van der Waals surface area contributed by atoms with E-state index in [0.717, 1.165) is 21.8 Å². The summed E-state index contributed by atoms with van der Waals surface area (Å²) in [6.07, 6.45) is 3.95. The maximum atomic E-state index is 4.51. The first kappa shape index (κ1) is 12.6. The van der Waals surface area contributed by atoms with Gasteiger partial charge in [0.1, 0.15) is 16.7 Å². The molecule has 0 atom stereocenters. The van der Waals surface area contributed by atoms with Gasteiger partial charge in [-0.05, 0) is 40.9 Å². The Balaban J connectivity index is 1.53. The van der Waals surface area contributed by atoms with Crippen LogP contribution >= 0.6 is 15.9 Å². The largest absolute Gasteiger partial charge is 0.363 e. The summed E-state index contributed by atoms with van der Waals surface area (Å²) in [5, 5.41) is 12.1. The fraction of sp³-hybridized carbons (Fsp3) is 0.308. The molecule has 4 rings (SSSR count). The molecular formula is C13H12BrN7. The molecule has 106 valence electrons. The monoisotopic (exact) mass is 345 g/mol. The summed E-state index contributed by atoms with van der Waals surface area (Å²) in [5.41, 5.74) is 1.87. The Morgan fingerprint density at radius 3 is 2.95 bits per heavy atom. The quantitative estimate of drug-likeness (QED) is 0.730. The zero-order chi connectivity index (χ0) is 14.2. The summed E-state index contributed by atoms with van der Waals surface area (Å²) < 4.78 is 2.35. The van der Waals surface area contributed by atoms with Gasteiger partial charge in [-0.2, -0.15) is 5.10 Å². The van der Waals surface area contributed by atoms with Gasteiger partial charge >= 0.3 is 0 Å². The molecule has 21 heavy (non-hydrogen) atoms. The van der Waals surface area contributed by atoms with Crippen molar-refractivity contribution < 1.29 is 0 Å². The SMILES string of the molecule is Brc1cc(NCc2nc3ccc(C4CC4)nn3n2)ncn1. The molecule has 1 aliphatic rings. The van der Waals surface area contributed by atoms with Crippen LogP contribution in [0.3, 0.4) is 0 Å². The number of halogens is 1. The van der Waals surface area contributed by atoms with Gasteiger partial charge in [0.05, 0.1) is 12.2 Å². The van der Waals surface area contributed by atoms with Crippen molar-refractivity contribution in [2.24, 2.45) is 0 Å². The van der Waals surface area contributed by atoms with Gasteiger partial charge in [-0.1, -0.05) is 0 Å². The van der Waals surface area contributed by atoms with E-state index in [0.29, 0.717) is 18.3 Å². The van der Waals surface area contributed by atoms with Gasteiger partial charge in [0.15, 0.2) is 11.5 Å². The Bertz CT molecular complexity index is 796. The van der Waals surface area contributed by atoms with Crippen molar-refractivity contribution in [2.45, 2.75) is 25.3 Å². The van der Waals surface area contributed by atoms with Gasteiger partial charge < -0.3 is 5.32 Å². The molecule has 0 aromatic carbocycles. The van der Waals surface area contributed by atoms with E-state index in [1.165, 1.54) is 19.2 Å². The fourth-order valence-corrected chi connectivity index (χ4v) is 2.42.